The summed E-state index contributed by atoms with van der Waals surface area (Å²) < 4.78 is 0. The summed E-state index contributed by atoms with van der Waals surface area (Å²) >= 11 is 0. The number of nitrogens with one attached hydrogen (secondary N) is 2. The summed E-state index contributed by atoms with van der Waals surface area (Å²) in [4.78, 5) is 68.8. The highest BCUT2D eigenvalue weighted by molar-refractivity contribution is 5.99. The van der Waals surface area contributed by atoms with Gasteiger partial charge >= 0.3 is 0 Å². The van der Waals surface area contributed by atoms with Crippen molar-refractivity contribution in [3.05, 3.63) is 107 Å². The summed E-state index contributed by atoms with van der Waals surface area (Å²) in [7, 11) is 0. The Morgan fingerprint density at radius 2 is 1.04 bits per heavy atom. The van der Waals surface area contributed by atoms with Gasteiger partial charge in [-0.1, -0.05) is 60.7 Å². The molecule has 2 aliphatic heterocycles. The minimum atomic E-state index is -0.681. The van der Waals surface area contributed by atoms with Crippen molar-refractivity contribution in [3.63, 3.8) is 0 Å². The number of nitrogens with two attached hydrogens (primary N) is 1. The van der Waals surface area contributed by atoms with Crippen LogP contribution in [0.5, 0.6) is 0 Å². The zero-order valence-corrected chi connectivity index (χ0v) is 26.1. The lowest BCUT2D eigenvalue weighted by Crippen LogP contribution is -2.43. The van der Waals surface area contributed by atoms with E-state index in [0.29, 0.717) is 24.1 Å². The van der Waals surface area contributed by atoms with E-state index in [1.54, 1.807) is 34.1 Å². The highest BCUT2D eigenvalue weighted by Crippen LogP contribution is 2.42. The second kappa shape index (κ2) is 12.7. The molecule has 0 aromatic heterocycles. The maximum Gasteiger partial charge on any atom is 0.253 e. The van der Waals surface area contributed by atoms with Crippen molar-refractivity contribution in [1.82, 2.24) is 20.4 Å². The molecule has 0 bridgehead atoms. The normalized spacial score (nSPS) is 27.6. The van der Waals surface area contributed by atoms with Crippen molar-refractivity contribution in [2.24, 2.45) is 23.5 Å². The van der Waals surface area contributed by atoms with Crippen LogP contribution in [0, 0.1) is 17.8 Å². The molecular weight excluding hydrogens is 594 g/mol. The molecule has 10 heteroatoms. The predicted molar refractivity (Wildman–Crippen MR) is 174 cm³/mol. The first-order chi connectivity index (χ1) is 22.8. The minimum Gasteiger partial charge on any atom is -0.369 e. The van der Waals surface area contributed by atoms with Crippen LogP contribution in [0.1, 0.15) is 62.9 Å². The number of benzene rings is 3. The molecule has 2 saturated heterocycles. The minimum absolute atomic E-state index is 0.00296. The van der Waals surface area contributed by atoms with Crippen molar-refractivity contribution in [2.45, 2.75) is 43.2 Å². The van der Waals surface area contributed by atoms with Crippen LogP contribution in [0.4, 0.5) is 0 Å². The lowest BCUT2D eigenvalue weighted by Gasteiger charge is -2.18. The van der Waals surface area contributed by atoms with Crippen LogP contribution in [0.2, 0.25) is 0 Å². The van der Waals surface area contributed by atoms with Crippen LogP contribution < -0.4 is 16.4 Å². The molecule has 2 saturated carbocycles. The first-order valence-corrected chi connectivity index (χ1v) is 16.5. The zero-order valence-electron chi connectivity index (χ0n) is 26.1. The van der Waals surface area contributed by atoms with Crippen LogP contribution in [-0.2, 0) is 14.4 Å². The van der Waals surface area contributed by atoms with E-state index in [1.165, 1.54) is 11.1 Å². The van der Waals surface area contributed by atoms with Crippen LogP contribution in [-0.4, -0.2) is 77.6 Å². The van der Waals surface area contributed by atoms with Gasteiger partial charge in [0.25, 0.3) is 11.8 Å². The van der Waals surface area contributed by atoms with E-state index in [9.17, 15) is 24.0 Å². The average Bonchev–Trinajstić information content (AvgIpc) is 3.91. The number of carbonyl (C=O) groups excluding carboxylic acids is 5. The molecule has 7 atom stereocenters. The molecule has 5 amide bonds. The third kappa shape index (κ3) is 6.50. The lowest BCUT2D eigenvalue weighted by molar-refractivity contribution is -0.133. The van der Waals surface area contributed by atoms with Gasteiger partial charge in [-0.2, -0.15) is 0 Å². The topological polar surface area (TPSA) is 142 Å². The van der Waals surface area contributed by atoms with Gasteiger partial charge in [-0.3, -0.25) is 24.0 Å². The number of likely N-dealkylation sites (tertiary alicyclic amines) is 2. The monoisotopic (exact) mass is 633 g/mol. The van der Waals surface area contributed by atoms with E-state index in [4.69, 9.17) is 5.73 Å². The summed E-state index contributed by atoms with van der Waals surface area (Å²) in [5.41, 5.74) is 8.55. The number of primary amides is 1. The fraction of sp³-hybridized carbons (Fsp3) is 0.378. The summed E-state index contributed by atoms with van der Waals surface area (Å²) in [5.74, 6) is -2.57. The molecule has 0 spiro atoms. The van der Waals surface area contributed by atoms with Crippen molar-refractivity contribution in [3.8, 4) is 0 Å². The molecule has 3 aromatic carbocycles. The standard InChI is InChI=1S/C37H39N5O5/c38-33(43)26-15-16-41(19-26)36(46)24-11-13-25(14-12-24)37(47)42-20-29(34(44)39-31-17-27(31)22-7-3-1-4-8-22)30(21-42)35(45)40-32-18-28(32)23-9-5-2-6-10-23/h1-14,26-32H,15-21H2,(H2,38,43)(H,39,44)(H,40,45)/t26-,27+,28+,29+,30+,31-,32-/m0/s1. The lowest BCUT2D eigenvalue weighted by atomic mass is 9.94. The van der Waals surface area contributed by atoms with Crippen LogP contribution in [0.3, 0.4) is 0 Å². The predicted octanol–water partition coefficient (Wildman–Crippen LogP) is 2.67. The Hall–Kier alpha value is -4.99. The van der Waals surface area contributed by atoms with E-state index in [-0.39, 0.29) is 73.1 Å². The Morgan fingerprint density at radius 1 is 0.596 bits per heavy atom. The summed E-state index contributed by atoms with van der Waals surface area (Å²) in [5, 5.41) is 6.32. The van der Waals surface area contributed by atoms with Crippen LogP contribution in [0.15, 0.2) is 84.9 Å². The number of nitrogens with zero attached hydrogens (tertiary/aromatic N) is 2. The fourth-order valence-corrected chi connectivity index (χ4v) is 7.22. The molecule has 2 heterocycles. The molecule has 0 unspecified atom stereocenters. The van der Waals surface area contributed by atoms with Crippen molar-refractivity contribution in [1.29, 1.82) is 0 Å². The molecule has 0 radical (unpaired) electrons. The molecule has 47 heavy (non-hydrogen) atoms. The largest absolute Gasteiger partial charge is 0.369 e. The molecule has 10 nitrogen and oxygen atoms in total. The maximum atomic E-state index is 13.7. The van der Waals surface area contributed by atoms with Crippen LogP contribution in [0.25, 0.3) is 0 Å². The first kappa shape index (κ1) is 30.7. The van der Waals surface area contributed by atoms with Gasteiger partial charge in [0.1, 0.15) is 0 Å². The second-order valence-corrected chi connectivity index (χ2v) is 13.4. The Bertz CT molecular complexity index is 1600. The molecule has 2 aliphatic carbocycles. The molecule has 242 valence electrons. The summed E-state index contributed by atoms with van der Waals surface area (Å²) in [6.07, 6.45) is 2.22. The number of amides is 5. The van der Waals surface area contributed by atoms with Gasteiger partial charge in [0, 0.05) is 61.2 Å². The van der Waals surface area contributed by atoms with E-state index in [0.717, 1.165) is 12.8 Å². The Kier molecular flexibility index (Phi) is 8.26. The van der Waals surface area contributed by atoms with Crippen molar-refractivity contribution >= 4 is 29.5 Å². The Labute approximate surface area is 273 Å². The number of hydrogen-bond acceptors (Lipinski definition) is 5. The van der Waals surface area contributed by atoms with Gasteiger partial charge in [-0.15, -0.1) is 0 Å². The number of hydrogen-bond donors (Lipinski definition) is 3. The van der Waals surface area contributed by atoms with E-state index < -0.39 is 17.7 Å². The van der Waals surface area contributed by atoms with Gasteiger partial charge in [0.15, 0.2) is 0 Å². The SMILES string of the molecule is NC(=O)[C@H]1CCN(C(=O)c2ccc(C(=O)N3C[C@@H](C(=O)N[C@H]4C[C@@H]4c4ccccc4)[C@H](C(=O)N[C@H]4C[C@@H]4c4ccccc4)C3)cc2)C1. The fourth-order valence-electron chi connectivity index (χ4n) is 7.22. The third-order valence-corrected chi connectivity index (χ3v) is 10.2. The van der Waals surface area contributed by atoms with Gasteiger partial charge in [-0.25, -0.2) is 0 Å². The first-order valence-electron chi connectivity index (χ1n) is 16.5. The van der Waals surface area contributed by atoms with Gasteiger partial charge in [-0.05, 0) is 54.7 Å². The van der Waals surface area contributed by atoms with Gasteiger partial charge < -0.3 is 26.2 Å². The van der Waals surface area contributed by atoms with Gasteiger partial charge in [0.05, 0.1) is 17.8 Å². The highest BCUT2D eigenvalue weighted by atomic mass is 16.2. The van der Waals surface area contributed by atoms with E-state index >= 15 is 0 Å². The van der Waals surface area contributed by atoms with Gasteiger partial charge in [0.2, 0.25) is 17.7 Å². The average molecular weight is 634 g/mol. The molecule has 4 fully saturated rings. The molecule has 3 aromatic rings. The number of rotatable bonds is 9. The molecule has 7 rings (SSSR count). The molecule has 4 N–H and O–H groups in total. The summed E-state index contributed by atoms with van der Waals surface area (Å²) in [6.45, 7) is 0.992. The van der Waals surface area contributed by atoms with Crippen molar-refractivity contribution in [2.75, 3.05) is 26.2 Å². The van der Waals surface area contributed by atoms with E-state index in [1.807, 2.05) is 36.4 Å². The quantitative estimate of drug-likeness (QED) is 0.332. The highest BCUT2D eigenvalue weighted by Gasteiger charge is 2.49. The van der Waals surface area contributed by atoms with Crippen molar-refractivity contribution < 1.29 is 24.0 Å². The van der Waals surface area contributed by atoms with E-state index in [2.05, 4.69) is 34.9 Å². The molecule has 4 aliphatic rings. The van der Waals surface area contributed by atoms with Crippen LogP contribution >= 0.6 is 0 Å². The maximum absolute atomic E-state index is 13.7. The molecular formula is C37H39N5O5. The zero-order chi connectivity index (χ0) is 32.7. The number of carbonyl (C=O) groups is 5. The second-order valence-electron chi connectivity index (χ2n) is 13.4. The third-order valence-electron chi connectivity index (χ3n) is 10.2. The Balaban J connectivity index is 1.03. The Morgan fingerprint density at radius 3 is 1.47 bits per heavy atom. The summed E-state index contributed by atoms with van der Waals surface area (Å²) in [6, 6.07) is 26.5. The smallest absolute Gasteiger partial charge is 0.253 e.